The van der Waals surface area contributed by atoms with Gasteiger partial charge < -0.3 is 0 Å². The predicted octanol–water partition coefficient (Wildman–Crippen LogP) is 1.24. The molecule has 130 valence electrons. The third-order valence-electron chi connectivity index (χ3n) is 5.27. The lowest BCUT2D eigenvalue weighted by Gasteiger charge is -2.35. The van der Waals surface area contributed by atoms with Gasteiger partial charge in [-0.1, -0.05) is 0 Å². The van der Waals surface area contributed by atoms with Crippen LogP contribution in [0.25, 0.3) is 0 Å². The van der Waals surface area contributed by atoms with E-state index >= 15 is 0 Å². The zero-order chi connectivity index (χ0) is 16.8. The van der Waals surface area contributed by atoms with E-state index in [1.54, 1.807) is 8.99 Å². The molecule has 0 amide bonds. The van der Waals surface area contributed by atoms with Crippen LogP contribution in [-0.4, -0.2) is 64.4 Å². The maximum Gasteiger partial charge on any atom is 0.217 e. The number of aromatic nitrogens is 2. The van der Waals surface area contributed by atoms with Crippen LogP contribution in [0.3, 0.4) is 0 Å². The van der Waals surface area contributed by atoms with Gasteiger partial charge in [0.1, 0.15) is 0 Å². The summed E-state index contributed by atoms with van der Waals surface area (Å²) in [6, 6.07) is 0.681. The van der Waals surface area contributed by atoms with Crippen molar-refractivity contribution < 1.29 is 8.42 Å². The number of hydrogen-bond acceptors (Lipinski definition) is 4. The van der Waals surface area contributed by atoms with Crippen LogP contribution < -0.4 is 0 Å². The molecule has 0 bridgehead atoms. The summed E-state index contributed by atoms with van der Waals surface area (Å²) in [5.41, 5.74) is 1.11. The Labute approximate surface area is 139 Å². The highest BCUT2D eigenvalue weighted by molar-refractivity contribution is 7.90. The standard InChI is InChI=1S/C16H28N4O2S/c1-12(2)19(4)15-7-8-20(23(21,22)14-5-6-14)16(15)9-13-10-17-18(3)11-13/h10-12,14-16H,5-9H2,1-4H3/t15-,16+/m1/s1. The van der Waals surface area contributed by atoms with E-state index in [4.69, 9.17) is 0 Å². The molecule has 0 aromatic carbocycles. The van der Waals surface area contributed by atoms with E-state index in [9.17, 15) is 8.42 Å². The molecule has 2 aliphatic rings. The largest absolute Gasteiger partial charge is 0.299 e. The molecule has 0 unspecified atom stereocenters. The molecule has 1 aliphatic heterocycles. The number of rotatable bonds is 6. The van der Waals surface area contributed by atoms with Gasteiger partial charge in [-0.2, -0.15) is 9.40 Å². The zero-order valence-corrected chi connectivity index (χ0v) is 15.3. The molecule has 1 aliphatic carbocycles. The quantitative estimate of drug-likeness (QED) is 0.782. The van der Waals surface area contributed by atoms with Gasteiger partial charge in [-0.25, -0.2) is 8.42 Å². The van der Waals surface area contributed by atoms with Crippen LogP contribution in [0.1, 0.15) is 38.7 Å². The van der Waals surface area contributed by atoms with Crippen LogP contribution in [-0.2, 0) is 23.5 Å². The molecule has 2 fully saturated rings. The third-order valence-corrected chi connectivity index (χ3v) is 7.69. The molecule has 23 heavy (non-hydrogen) atoms. The highest BCUT2D eigenvalue weighted by Crippen LogP contribution is 2.37. The van der Waals surface area contributed by atoms with Crippen molar-refractivity contribution in [2.75, 3.05) is 13.6 Å². The number of sulfonamides is 1. The third kappa shape index (κ3) is 3.32. The van der Waals surface area contributed by atoms with Gasteiger partial charge in [-0.15, -0.1) is 0 Å². The van der Waals surface area contributed by atoms with Crippen molar-refractivity contribution in [3.8, 4) is 0 Å². The molecule has 2 heterocycles. The van der Waals surface area contributed by atoms with Crippen molar-refractivity contribution in [2.24, 2.45) is 7.05 Å². The van der Waals surface area contributed by atoms with E-state index in [1.165, 1.54) is 0 Å². The summed E-state index contributed by atoms with van der Waals surface area (Å²) in [6.45, 7) is 4.98. The minimum Gasteiger partial charge on any atom is -0.299 e. The number of hydrogen-bond donors (Lipinski definition) is 0. The van der Waals surface area contributed by atoms with Crippen molar-refractivity contribution in [3.05, 3.63) is 18.0 Å². The van der Waals surface area contributed by atoms with Crippen LogP contribution in [0.4, 0.5) is 0 Å². The Kier molecular flexibility index (Phi) is 4.55. The average molecular weight is 340 g/mol. The van der Waals surface area contributed by atoms with Crippen molar-refractivity contribution >= 4 is 10.0 Å². The smallest absolute Gasteiger partial charge is 0.217 e. The maximum atomic E-state index is 12.8. The molecule has 1 saturated heterocycles. The number of aryl methyl sites for hydroxylation is 1. The first-order chi connectivity index (χ1) is 10.8. The van der Waals surface area contributed by atoms with Gasteiger partial charge in [-0.3, -0.25) is 9.58 Å². The highest BCUT2D eigenvalue weighted by atomic mass is 32.2. The van der Waals surface area contributed by atoms with Gasteiger partial charge in [0.15, 0.2) is 0 Å². The fraction of sp³-hybridized carbons (Fsp3) is 0.812. The van der Waals surface area contributed by atoms with Gasteiger partial charge in [0.25, 0.3) is 0 Å². The molecule has 1 saturated carbocycles. The first kappa shape index (κ1) is 16.9. The molecule has 7 heteroatoms. The topological polar surface area (TPSA) is 58.4 Å². The van der Waals surface area contributed by atoms with E-state index in [0.29, 0.717) is 12.6 Å². The maximum absolute atomic E-state index is 12.8. The van der Waals surface area contributed by atoms with E-state index in [0.717, 1.165) is 31.2 Å². The van der Waals surface area contributed by atoms with Crippen molar-refractivity contribution in [1.82, 2.24) is 19.0 Å². The second kappa shape index (κ2) is 6.18. The zero-order valence-electron chi connectivity index (χ0n) is 14.5. The SMILES string of the molecule is CC(C)N(C)[C@@H]1CCN(S(=O)(=O)C2CC2)[C@H]1Cc1cnn(C)c1. The Morgan fingerprint density at radius 2 is 2.04 bits per heavy atom. The Bertz CT molecular complexity index is 651. The molecule has 6 nitrogen and oxygen atoms in total. The van der Waals surface area contributed by atoms with Crippen molar-refractivity contribution in [3.63, 3.8) is 0 Å². The fourth-order valence-electron chi connectivity index (χ4n) is 3.60. The predicted molar refractivity (Wildman–Crippen MR) is 90.7 cm³/mol. The Hall–Kier alpha value is -0.920. The van der Waals surface area contributed by atoms with E-state index < -0.39 is 10.0 Å². The Morgan fingerprint density at radius 1 is 1.35 bits per heavy atom. The van der Waals surface area contributed by atoms with Gasteiger partial charge in [0.2, 0.25) is 10.0 Å². The van der Waals surface area contributed by atoms with Crippen LogP contribution in [0.15, 0.2) is 12.4 Å². The highest BCUT2D eigenvalue weighted by Gasteiger charge is 2.48. The first-order valence-electron chi connectivity index (χ1n) is 8.51. The van der Waals surface area contributed by atoms with Gasteiger partial charge in [0, 0.05) is 37.9 Å². The molecular weight excluding hydrogens is 312 g/mol. The molecular formula is C16H28N4O2S. The lowest BCUT2D eigenvalue weighted by atomic mass is 10.0. The molecule has 2 atom stereocenters. The van der Waals surface area contributed by atoms with Crippen LogP contribution in [0.2, 0.25) is 0 Å². The number of likely N-dealkylation sites (N-methyl/N-ethyl adjacent to an activating group) is 1. The summed E-state index contributed by atoms with van der Waals surface area (Å²) in [7, 11) is 0.867. The summed E-state index contributed by atoms with van der Waals surface area (Å²) in [5, 5.41) is 4.10. The number of nitrogens with zero attached hydrogens (tertiary/aromatic N) is 4. The lowest BCUT2D eigenvalue weighted by molar-refractivity contribution is 0.164. The molecule has 1 aromatic heterocycles. The van der Waals surface area contributed by atoms with E-state index in [1.807, 2.05) is 19.4 Å². The van der Waals surface area contributed by atoms with E-state index in [2.05, 4.69) is 30.9 Å². The minimum absolute atomic E-state index is 0.0113. The van der Waals surface area contributed by atoms with Crippen LogP contribution in [0, 0.1) is 0 Å². The molecule has 1 aromatic rings. The minimum atomic E-state index is -3.14. The second-order valence-electron chi connectivity index (χ2n) is 7.26. The summed E-state index contributed by atoms with van der Waals surface area (Å²) < 4.78 is 29.2. The Balaban J connectivity index is 1.87. The second-order valence-corrected chi connectivity index (χ2v) is 9.43. The molecule has 0 N–H and O–H groups in total. The summed E-state index contributed by atoms with van der Waals surface area (Å²) >= 11 is 0. The average Bonchev–Trinajstić information content (AvgIpc) is 3.15. The summed E-state index contributed by atoms with van der Waals surface area (Å²) in [6.07, 6.45) is 7.14. The van der Waals surface area contributed by atoms with Gasteiger partial charge in [-0.05, 0) is 52.1 Å². The van der Waals surface area contributed by atoms with Crippen LogP contribution >= 0.6 is 0 Å². The normalized spacial score (nSPS) is 26.5. The molecule has 0 radical (unpaired) electrons. The van der Waals surface area contributed by atoms with Crippen molar-refractivity contribution in [1.29, 1.82) is 0 Å². The summed E-state index contributed by atoms with van der Waals surface area (Å²) in [4.78, 5) is 2.32. The van der Waals surface area contributed by atoms with Crippen LogP contribution in [0.5, 0.6) is 0 Å². The van der Waals surface area contributed by atoms with Gasteiger partial charge in [0.05, 0.1) is 11.4 Å². The monoisotopic (exact) mass is 340 g/mol. The molecule has 3 rings (SSSR count). The van der Waals surface area contributed by atoms with E-state index in [-0.39, 0.29) is 17.3 Å². The fourth-order valence-corrected chi connectivity index (χ4v) is 5.66. The lowest BCUT2D eigenvalue weighted by Crippen LogP contribution is -2.49. The van der Waals surface area contributed by atoms with Crippen molar-refractivity contribution in [2.45, 2.75) is 62.9 Å². The summed E-state index contributed by atoms with van der Waals surface area (Å²) in [5.74, 6) is 0. The van der Waals surface area contributed by atoms with Gasteiger partial charge >= 0.3 is 0 Å². The first-order valence-corrected chi connectivity index (χ1v) is 10.0. The molecule has 0 spiro atoms. The Morgan fingerprint density at radius 3 is 2.57 bits per heavy atom.